The second-order valence-electron chi connectivity index (χ2n) is 4.53. The normalized spacial score (nSPS) is 23.1. The summed E-state index contributed by atoms with van der Waals surface area (Å²) in [6.45, 7) is 4.53. The molecule has 1 atom stereocenters. The van der Waals surface area contributed by atoms with Gasteiger partial charge in [-0.05, 0) is 38.1 Å². The third-order valence-corrected chi connectivity index (χ3v) is 4.19. The third kappa shape index (κ3) is 2.14. The first-order valence-electron chi connectivity index (χ1n) is 6.12. The van der Waals surface area contributed by atoms with Crippen LogP contribution >= 0.6 is 11.3 Å². The van der Waals surface area contributed by atoms with E-state index in [-0.39, 0.29) is 11.9 Å². The van der Waals surface area contributed by atoms with Crippen molar-refractivity contribution < 1.29 is 14.3 Å². The molecule has 0 radical (unpaired) electrons. The number of nitrogens with zero attached hydrogens (tertiary/aromatic N) is 1. The summed E-state index contributed by atoms with van der Waals surface area (Å²) in [5.74, 6) is -0.370. The van der Waals surface area contributed by atoms with E-state index in [9.17, 15) is 9.59 Å². The summed E-state index contributed by atoms with van der Waals surface area (Å²) >= 11 is 1.40. The SMILES string of the molecule is CCOC(=O)C1(C)CCCN1C(=O)c1cccs1. The number of esters is 1. The van der Waals surface area contributed by atoms with Crippen LogP contribution in [0.2, 0.25) is 0 Å². The van der Waals surface area contributed by atoms with Gasteiger partial charge in [0.25, 0.3) is 5.91 Å². The zero-order chi connectivity index (χ0) is 13.2. The summed E-state index contributed by atoms with van der Waals surface area (Å²) < 4.78 is 5.10. The van der Waals surface area contributed by atoms with Gasteiger partial charge in [0.2, 0.25) is 0 Å². The molecule has 18 heavy (non-hydrogen) atoms. The fourth-order valence-corrected chi connectivity index (χ4v) is 2.99. The molecule has 2 rings (SSSR count). The first kappa shape index (κ1) is 13.1. The molecule has 1 unspecified atom stereocenters. The standard InChI is InChI=1S/C13H17NO3S/c1-3-17-12(16)13(2)7-5-8-14(13)11(15)10-6-4-9-18-10/h4,6,9H,3,5,7-8H2,1-2H3. The van der Waals surface area contributed by atoms with E-state index in [2.05, 4.69) is 0 Å². The van der Waals surface area contributed by atoms with Gasteiger partial charge in [-0.2, -0.15) is 0 Å². The predicted octanol–water partition coefficient (Wildman–Crippen LogP) is 2.31. The van der Waals surface area contributed by atoms with Crippen LogP contribution in [0.1, 0.15) is 36.4 Å². The molecule has 1 aromatic rings. The minimum Gasteiger partial charge on any atom is -0.464 e. The minimum atomic E-state index is -0.808. The number of thiophene rings is 1. The van der Waals surface area contributed by atoms with Crippen LogP contribution < -0.4 is 0 Å². The van der Waals surface area contributed by atoms with E-state index in [1.165, 1.54) is 11.3 Å². The second-order valence-corrected chi connectivity index (χ2v) is 5.48. The van der Waals surface area contributed by atoms with Crippen LogP contribution in [0.3, 0.4) is 0 Å². The van der Waals surface area contributed by atoms with Crippen molar-refractivity contribution in [3.8, 4) is 0 Å². The van der Waals surface area contributed by atoms with Gasteiger partial charge in [-0.3, -0.25) is 4.79 Å². The summed E-state index contributed by atoms with van der Waals surface area (Å²) in [6.07, 6.45) is 1.51. The Balaban J connectivity index is 2.22. The zero-order valence-electron chi connectivity index (χ0n) is 10.6. The van der Waals surface area contributed by atoms with E-state index in [1.807, 2.05) is 11.4 Å². The maximum atomic E-state index is 12.4. The molecule has 1 fully saturated rings. The largest absolute Gasteiger partial charge is 0.464 e. The van der Waals surface area contributed by atoms with Gasteiger partial charge < -0.3 is 9.64 Å². The van der Waals surface area contributed by atoms with Crippen LogP contribution in [0.25, 0.3) is 0 Å². The van der Waals surface area contributed by atoms with Gasteiger partial charge in [-0.25, -0.2) is 4.79 Å². The van der Waals surface area contributed by atoms with E-state index < -0.39 is 5.54 Å². The average Bonchev–Trinajstić information content (AvgIpc) is 2.98. The molecular formula is C13H17NO3S. The zero-order valence-corrected chi connectivity index (χ0v) is 11.5. The fourth-order valence-electron chi connectivity index (χ4n) is 2.32. The maximum Gasteiger partial charge on any atom is 0.331 e. The monoisotopic (exact) mass is 267 g/mol. The molecular weight excluding hydrogens is 250 g/mol. The molecule has 1 amide bonds. The van der Waals surface area contributed by atoms with Gasteiger partial charge in [-0.1, -0.05) is 6.07 Å². The Labute approximate surface area is 111 Å². The molecule has 98 valence electrons. The Kier molecular flexibility index (Phi) is 3.71. The summed E-state index contributed by atoms with van der Waals surface area (Å²) in [7, 11) is 0. The second kappa shape index (κ2) is 5.10. The number of rotatable bonds is 3. The summed E-state index contributed by atoms with van der Waals surface area (Å²) in [4.78, 5) is 26.7. The van der Waals surface area contributed by atoms with Gasteiger partial charge >= 0.3 is 5.97 Å². The lowest BCUT2D eigenvalue weighted by Gasteiger charge is -2.32. The van der Waals surface area contributed by atoms with Gasteiger partial charge in [-0.15, -0.1) is 11.3 Å². The molecule has 0 bridgehead atoms. The van der Waals surface area contributed by atoms with Crippen molar-refractivity contribution >= 4 is 23.2 Å². The van der Waals surface area contributed by atoms with Crippen molar-refractivity contribution in [3.63, 3.8) is 0 Å². The van der Waals surface area contributed by atoms with Crippen LogP contribution in [0.4, 0.5) is 0 Å². The Morgan fingerprint density at radius 2 is 2.33 bits per heavy atom. The Morgan fingerprint density at radius 3 is 2.94 bits per heavy atom. The molecule has 0 N–H and O–H groups in total. The quantitative estimate of drug-likeness (QED) is 0.789. The predicted molar refractivity (Wildman–Crippen MR) is 69.6 cm³/mol. The number of carbonyl (C=O) groups excluding carboxylic acids is 2. The summed E-state index contributed by atoms with van der Waals surface area (Å²) in [6, 6.07) is 3.63. The number of likely N-dealkylation sites (tertiary alicyclic amines) is 1. The molecule has 1 aliphatic rings. The molecule has 0 spiro atoms. The molecule has 5 heteroatoms. The summed E-state index contributed by atoms with van der Waals surface area (Å²) in [5, 5.41) is 1.87. The maximum absolute atomic E-state index is 12.4. The van der Waals surface area contributed by atoms with Crippen LogP contribution in [0, 0.1) is 0 Å². The lowest BCUT2D eigenvalue weighted by molar-refractivity contribution is -0.153. The van der Waals surface area contributed by atoms with Crippen LogP contribution in [0.15, 0.2) is 17.5 Å². The van der Waals surface area contributed by atoms with E-state index in [4.69, 9.17) is 4.74 Å². The first-order chi connectivity index (χ1) is 8.59. The fraction of sp³-hybridized carbons (Fsp3) is 0.538. The van der Waals surface area contributed by atoms with Crippen LogP contribution in [-0.2, 0) is 9.53 Å². The van der Waals surface area contributed by atoms with Crippen molar-refractivity contribution in [2.24, 2.45) is 0 Å². The molecule has 0 aromatic carbocycles. The van der Waals surface area contributed by atoms with Gasteiger partial charge in [0, 0.05) is 6.54 Å². The van der Waals surface area contributed by atoms with Gasteiger partial charge in [0.05, 0.1) is 11.5 Å². The molecule has 0 saturated carbocycles. The number of hydrogen-bond donors (Lipinski definition) is 0. The van der Waals surface area contributed by atoms with Crippen LogP contribution in [-0.4, -0.2) is 35.5 Å². The minimum absolute atomic E-state index is 0.0712. The topological polar surface area (TPSA) is 46.6 Å². The Bertz CT molecular complexity index is 443. The number of hydrogen-bond acceptors (Lipinski definition) is 4. The number of amides is 1. The van der Waals surface area contributed by atoms with Crippen molar-refractivity contribution in [3.05, 3.63) is 22.4 Å². The molecule has 2 heterocycles. The number of ether oxygens (including phenoxy) is 1. The molecule has 0 aliphatic carbocycles. The van der Waals surface area contributed by atoms with Crippen molar-refractivity contribution in [2.45, 2.75) is 32.2 Å². The highest BCUT2D eigenvalue weighted by Gasteiger charge is 2.47. The van der Waals surface area contributed by atoms with Gasteiger partial charge in [0.15, 0.2) is 0 Å². The number of carbonyl (C=O) groups is 2. The van der Waals surface area contributed by atoms with Gasteiger partial charge in [0.1, 0.15) is 5.54 Å². The molecule has 4 nitrogen and oxygen atoms in total. The smallest absolute Gasteiger partial charge is 0.331 e. The van der Waals surface area contributed by atoms with Crippen LogP contribution in [0.5, 0.6) is 0 Å². The lowest BCUT2D eigenvalue weighted by atomic mass is 9.99. The molecule has 1 saturated heterocycles. The highest BCUT2D eigenvalue weighted by molar-refractivity contribution is 7.12. The van der Waals surface area contributed by atoms with E-state index in [0.29, 0.717) is 24.4 Å². The highest BCUT2D eigenvalue weighted by atomic mass is 32.1. The van der Waals surface area contributed by atoms with Crippen molar-refractivity contribution in [1.29, 1.82) is 0 Å². The average molecular weight is 267 g/mol. The molecule has 1 aliphatic heterocycles. The molecule has 1 aromatic heterocycles. The highest BCUT2D eigenvalue weighted by Crippen LogP contribution is 2.32. The third-order valence-electron chi connectivity index (χ3n) is 3.33. The Morgan fingerprint density at radius 1 is 1.56 bits per heavy atom. The first-order valence-corrected chi connectivity index (χ1v) is 7.00. The van der Waals surface area contributed by atoms with Crippen molar-refractivity contribution in [1.82, 2.24) is 4.90 Å². The van der Waals surface area contributed by atoms with E-state index >= 15 is 0 Å². The summed E-state index contributed by atoms with van der Waals surface area (Å²) in [5.41, 5.74) is -0.808. The Hall–Kier alpha value is -1.36. The lowest BCUT2D eigenvalue weighted by Crippen LogP contribution is -2.51. The van der Waals surface area contributed by atoms with Crippen molar-refractivity contribution in [2.75, 3.05) is 13.2 Å². The van der Waals surface area contributed by atoms with E-state index in [0.717, 1.165) is 6.42 Å². The van der Waals surface area contributed by atoms with E-state index in [1.54, 1.807) is 24.8 Å².